The van der Waals surface area contributed by atoms with Crippen molar-refractivity contribution in [1.82, 2.24) is 19.1 Å². The molecular formula is C19H16N4O. The van der Waals surface area contributed by atoms with Gasteiger partial charge in [0.05, 0.1) is 5.69 Å². The summed E-state index contributed by atoms with van der Waals surface area (Å²) in [5.41, 5.74) is 1.69. The molecule has 1 aromatic carbocycles. The van der Waals surface area contributed by atoms with Gasteiger partial charge >= 0.3 is 0 Å². The SMILES string of the molecule is O=C([C@@H](c1ccccc1)n1cccc1)n1cccc1-c1ncc[nH]1. The third-order valence-corrected chi connectivity index (χ3v) is 4.00. The minimum atomic E-state index is -0.428. The number of benzene rings is 1. The standard InChI is InChI=1S/C19H16N4O/c24-19(23-14-6-9-16(23)18-20-10-11-21-18)17(22-12-4-5-13-22)15-7-2-1-3-8-15/h1-14,17H,(H,20,21)/t17-/m1/s1. The summed E-state index contributed by atoms with van der Waals surface area (Å²) in [5.74, 6) is 0.640. The van der Waals surface area contributed by atoms with E-state index in [1.165, 1.54) is 0 Å². The van der Waals surface area contributed by atoms with E-state index in [4.69, 9.17) is 0 Å². The van der Waals surface area contributed by atoms with Gasteiger partial charge in [-0.15, -0.1) is 0 Å². The highest BCUT2D eigenvalue weighted by atomic mass is 16.2. The summed E-state index contributed by atoms with van der Waals surface area (Å²) >= 11 is 0. The van der Waals surface area contributed by atoms with Crippen LogP contribution < -0.4 is 0 Å². The predicted molar refractivity (Wildman–Crippen MR) is 91.7 cm³/mol. The van der Waals surface area contributed by atoms with E-state index in [-0.39, 0.29) is 5.91 Å². The molecule has 0 aliphatic heterocycles. The third-order valence-electron chi connectivity index (χ3n) is 4.00. The van der Waals surface area contributed by atoms with Gasteiger partial charge in [-0.2, -0.15) is 0 Å². The summed E-state index contributed by atoms with van der Waals surface area (Å²) in [6.45, 7) is 0. The summed E-state index contributed by atoms with van der Waals surface area (Å²) in [5, 5.41) is 0. The molecule has 5 heteroatoms. The third kappa shape index (κ3) is 2.46. The van der Waals surface area contributed by atoms with Gasteiger partial charge < -0.3 is 9.55 Å². The molecule has 3 heterocycles. The second-order valence-electron chi connectivity index (χ2n) is 5.48. The van der Waals surface area contributed by atoms with E-state index in [1.807, 2.05) is 71.6 Å². The Balaban J connectivity index is 1.80. The van der Waals surface area contributed by atoms with E-state index in [0.29, 0.717) is 5.82 Å². The van der Waals surface area contributed by atoms with Crippen LogP contribution in [-0.4, -0.2) is 25.0 Å². The first-order valence-electron chi connectivity index (χ1n) is 7.73. The van der Waals surface area contributed by atoms with Gasteiger partial charge in [0.1, 0.15) is 6.04 Å². The molecule has 24 heavy (non-hydrogen) atoms. The molecule has 0 aliphatic carbocycles. The quantitative estimate of drug-likeness (QED) is 0.625. The number of hydrogen-bond acceptors (Lipinski definition) is 2. The number of hydrogen-bond donors (Lipinski definition) is 1. The molecule has 0 fully saturated rings. The molecule has 4 aromatic rings. The van der Waals surface area contributed by atoms with Gasteiger partial charge in [0.25, 0.3) is 5.91 Å². The number of carbonyl (C=O) groups is 1. The fourth-order valence-electron chi connectivity index (χ4n) is 2.90. The lowest BCUT2D eigenvalue weighted by atomic mass is 10.1. The molecule has 0 aliphatic rings. The number of rotatable bonds is 4. The van der Waals surface area contributed by atoms with Gasteiger partial charge in [-0.1, -0.05) is 30.3 Å². The van der Waals surface area contributed by atoms with E-state index in [2.05, 4.69) is 9.97 Å². The molecule has 0 saturated carbocycles. The number of aromatic amines is 1. The molecule has 0 saturated heterocycles. The maximum atomic E-state index is 13.3. The van der Waals surface area contributed by atoms with Crippen molar-refractivity contribution < 1.29 is 4.79 Å². The molecular weight excluding hydrogens is 300 g/mol. The summed E-state index contributed by atoms with van der Waals surface area (Å²) < 4.78 is 3.57. The van der Waals surface area contributed by atoms with Crippen LogP contribution >= 0.6 is 0 Å². The van der Waals surface area contributed by atoms with Crippen LogP contribution in [0.3, 0.4) is 0 Å². The zero-order valence-electron chi connectivity index (χ0n) is 12.9. The molecule has 0 unspecified atom stereocenters. The molecule has 0 bridgehead atoms. The summed E-state index contributed by atoms with van der Waals surface area (Å²) in [4.78, 5) is 20.6. The molecule has 0 amide bonds. The first-order valence-corrected chi connectivity index (χ1v) is 7.73. The van der Waals surface area contributed by atoms with Gasteiger partial charge in [0, 0.05) is 31.0 Å². The van der Waals surface area contributed by atoms with Crippen molar-refractivity contribution in [2.75, 3.05) is 0 Å². The van der Waals surface area contributed by atoms with Crippen molar-refractivity contribution >= 4 is 5.91 Å². The maximum Gasteiger partial charge on any atom is 0.258 e. The minimum Gasteiger partial charge on any atom is -0.343 e. The first-order chi connectivity index (χ1) is 11.8. The second-order valence-corrected chi connectivity index (χ2v) is 5.48. The molecule has 3 aromatic heterocycles. The lowest BCUT2D eigenvalue weighted by Gasteiger charge is -2.20. The summed E-state index contributed by atoms with van der Waals surface area (Å²) in [6, 6.07) is 16.9. The Labute approximate surface area is 139 Å². The highest BCUT2D eigenvalue weighted by molar-refractivity contribution is 5.89. The van der Waals surface area contributed by atoms with Crippen molar-refractivity contribution in [1.29, 1.82) is 0 Å². The van der Waals surface area contributed by atoms with Crippen molar-refractivity contribution in [3.8, 4) is 11.5 Å². The smallest absolute Gasteiger partial charge is 0.258 e. The van der Waals surface area contributed by atoms with Crippen LogP contribution in [0.4, 0.5) is 0 Å². The van der Waals surface area contributed by atoms with E-state index < -0.39 is 6.04 Å². The maximum absolute atomic E-state index is 13.3. The second kappa shape index (κ2) is 6.04. The average molecular weight is 316 g/mol. The van der Waals surface area contributed by atoms with Gasteiger partial charge in [0.2, 0.25) is 0 Å². The lowest BCUT2D eigenvalue weighted by Crippen LogP contribution is -2.25. The Morgan fingerprint density at radius 3 is 2.46 bits per heavy atom. The largest absolute Gasteiger partial charge is 0.343 e. The average Bonchev–Trinajstić information content (AvgIpc) is 3.37. The van der Waals surface area contributed by atoms with Gasteiger partial charge in [0.15, 0.2) is 5.82 Å². The molecule has 4 rings (SSSR count). The Bertz CT molecular complexity index is 921. The van der Waals surface area contributed by atoms with Crippen LogP contribution in [0.1, 0.15) is 16.4 Å². The number of carbonyl (C=O) groups excluding carboxylic acids is 1. The number of nitrogens with one attached hydrogen (secondary N) is 1. The number of H-pyrrole nitrogens is 1. The minimum absolute atomic E-state index is 0.0335. The Morgan fingerprint density at radius 2 is 1.75 bits per heavy atom. The lowest BCUT2D eigenvalue weighted by molar-refractivity contribution is 0.0865. The number of imidazole rings is 1. The highest BCUT2D eigenvalue weighted by Gasteiger charge is 2.25. The van der Waals surface area contributed by atoms with E-state index in [1.54, 1.807) is 23.2 Å². The number of aromatic nitrogens is 4. The first kappa shape index (κ1) is 14.3. The Kier molecular flexibility index (Phi) is 3.59. The van der Waals surface area contributed by atoms with Gasteiger partial charge in [-0.25, -0.2) is 4.98 Å². The predicted octanol–water partition coefficient (Wildman–Crippen LogP) is 3.61. The topological polar surface area (TPSA) is 55.6 Å². The molecule has 5 nitrogen and oxygen atoms in total. The van der Waals surface area contributed by atoms with Crippen LogP contribution in [0.25, 0.3) is 11.5 Å². The normalized spacial score (nSPS) is 12.2. The highest BCUT2D eigenvalue weighted by Crippen LogP contribution is 2.24. The van der Waals surface area contributed by atoms with Crippen LogP contribution in [0.2, 0.25) is 0 Å². The molecule has 0 radical (unpaired) electrons. The number of nitrogens with zero attached hydrogens (tertiary/aromatic N) is 3. The fourth-order valence-corrected chi connectivity index (χ4v) is 2.90. The van der Waals surface area contributed by atoms with E-state index in [9.17, 15) is 4.79 Å². The monoisotopic (exact) mass is 316 g/mol. The Morgan fingerprint density at radius 1 is 0.958 bits per heavy atom. The van der Waals surface area contributed by atoms with Gasteiger partial charge in [-0.05, 0) is 29.8 Å². The van der Waals surface area contributed by atoms with Crippen molar-refractivity contribution in [3.05, 3.63) is 91.1 Å². The summed E-state index contributed by atoms with van der Waals surface area (Å²) in [7, 11) is 0. The molecule has 118 valence electrons. The molecule has 1 N–H and O–H groups in total. The molecule has 1 atom stereocenters. The van der Waals surface area contributed by atoms with E-state index in [0.717, 1.165) is 11.3 Å². The molecule has 0 spiro atoms. The zero-order valence-corrected chi connectivity index (χ0v) is 12.9. The van der Waals surface area contributed by atoms with Crippen LogP contribution in [0.5, 0.6) is 0 Å². The van der Waals surface area contributed by atoms with Crippen LogP contribution in [0.15, 0.2) is 85.6 Å². The van der Waals surface area contributed by atoms with Crippen LogP contribution in [-0.2, 0) is 0 Å². The fraction of sp³-hybridized carbons (Fsp3) is 0.0526. The zero-order chi connectivity index (χ0) is 16.4. The van der Waals surface area contributed by atoms with Crippen molar-refractivity contribution in [2.45, 2.75) is 6.04 Å². The van der Waals surface area contributed by atoms with E-state index >= 15 is 0 Å². The van der Waals surface area contributed by atoms with Gasteiger partial charge in [-0.3, -0.25) is 9.36 Å². The van der Waals surface area contributed by atoms with Crippen molar-refractivity contribution in [2.24, 2.45) is 0 Å². The Hall–Kier alpha value is -3.34. The summed E-state index contributed by atoms with van der Waals surface area (Å²) in [6.07, 6.45) is 9.02. The van der Waals surface area contributed by atoms with Crippen molar-refractivity contribution in [3.63, 3.8) is 0 Å². The van der Waals surface area contributed by atoms with Crippen LogP contribution in [0, 0.1) is 0 Å².